The standard InChI is InChI=1S/2C29H33N3O2/c2*1-32(24-9-6-21(7-10-24)20-4-2-3-5-20)25-11-12-26-22(18-25)14-17-31-28(26)13-8-23-19-30-16-15-27(23)29(33)34/h2*6-7,9-12,15-16,18-20,28,31H,2-5,8,13-14,17H2,1H3,(H,33,34)/t2*28-/m10/s1. The number of aromatic nitrogens is 2. The number of nitrogens with zero attached hydrogens (tertiary/aromatic N) is 4. The number of carbonyl (C=O) groups is 2. The SMILES string of the molecule is CN(c1ccc(C2CCCC2)cc1)c1ccc2c(c1)CCN[C@@H]2CCc1cnccc1C(=O)O.CN(c1ccc(C2CCCC2)cc1)c1ccc2c(c1)CCN[C@H]2CCc1cnccc1C(=O)O. The van der Waals surface area contributed by atoms with Gasteiger partial charge >= 0.3 is 11.9 Å². The minimum absolute atomic E-state index is 0.218. The highest BCUT2D eigenvalue weighted by Gasteiger charge is 2.25. The number of anilines is 4. The second kappa shape index (κ2) is 21.7. The van der Waals surface area contributed by atoms with Crippen LogP contribution in [0.3, 0.4) is 0 Å². The van der Waals surface area contributed by atoms with Crippen molar-refractivity contribution in [3.63, 3.8) is 0 Å². The molecule has 0 radical (unpaired) electrons. The van der Waals surface area contributed by atoms with E-state index in [2.05, 4.69) is 129 Å². The molecule has 2 aliphatic carbocycles. The zero-order valence-electron chi connectivity index (χ0n) is 39.7. The molecular formula is C58H66N6O4. The first-order valence-corrected chi connectivity index (χ1v) is 24.9. The van der Waals surface area contributed by atoms with Gasteiger partial charge in [0, 0.05) is 73.7 Å². The van der Waals surface area contributed by atoms with Crippen LogP contribution in [-0.2, 0) is 25.7 Å². The van der Waals surface area contributed by atoms with Gasteiger partial charge in [-0.1, -0.05) is 62.1 Å². The molecular weight excluding hydrogens is 845 g/mol. The third-order valence-corrected chi connectivity index (χ3v) is 15.2. The first kappa shape index (κ1) is 46.7. The lowest BCUT2D eigenvalue weighted by molar-refractivity contribution is 0.0684. The van der Waals surface area contributed by atoms with E-state index in [0.29, 0.717) is 24.0 Å². The van der Waals surface area contributed by atoms with Crippen molar-refractivity contribution in [2.45, 2.75) is 114 Å². The van der Waals surface area contributed by atoms with Crippen molar-refractivity contribution in [1.82, 2.24) is 20.6 Å². The van der Waals surface area contributed by atoms with E-state index in [4.69, 9.17) is 0 Å². The van der Waals surface area contributed by atoms with E-state index < -0.39 is 11.9 Å². The zero-order valence-corrected chi connectivity index (χ0v) is 39.7. The molecule has 10 nitrogen and oxygen atoms in total. The van der Waals surface area contributed by atoms with Gasteiger partial charge in [-0.3, -0.25) is 9.97 Å². The molecule has 6 aromatic rings. The van der Waals surface area contributed by atoms with Gasteiger partial charge in [0.05, 0.1) is 11.1 Å². The number of carboxylic acids is 2. The number of nitrogens with one attached hydrogen (secondary N) is 2. The minimum Gasteiger partial charge on any atom is -0.478 e. The van der Waals surface area contributed by atoms with Crippen molar-refractivity contribution in [3.8, 4) is 0 Å². The molecule has 0 unspecified atom stereocenters. The lowest BCUT2D eigenvalue weighted by atomic mass is 9.89. The van der Waals surface area contributed by atoms with Crippen LogP contribution in [0.1, 0.15) is 153 Å². The smallest absolute Gasteiger partial charge is 0.336 e. The third-order valence-electron chi connectivity index (χ3n) is 15.2. The normalized spacial score (nSPS) is 18.0. The lowest BCUT2D eigenvalue weighted by Crippen LogP contribution is -2.30. The van der Waals surface area contributed by atoms with Crippen molar-refractivity contribution in [3.05, 3.63) is 177 Å². The Balaban J connectivity index is 0.000000170. The van der Waals surface area contributed by atoms with E-state index >= 15 is 0 Å². The lowest BCUT2D eigenvalue weighted by Gasteiger charge is -2.29. The monoisotopic (exact) mass is 911 g/mol. The fraction of sp³-hybridized carbons (Fsp3) is 0.379. The van der Waals surface area contributed by atoms with E-state index in [1.807, 2.05) is 0 Å². The van der Waals surface area contributed by atoms with Crippen molar-refractivity contribution < 1.29 is 19.8 Å². The number of pyridine rings is 2. The van der Waals surface area contributed by atoms with Gasteiger partial charge in [0.1, 0.15) is 0 Å². The highest BCUT2D eigenvalue weighted by molar-refractivity contribution is 5.89. The largest absolute Gasteiger partial charge is 0.478 e. The summed E-state index contributed by atoms with van der Waals surface area (Å²) in [5.74, 6) is -0.298. The van der Waals surface area contributed by atoms with Gasteiger partial charge in [0.25, 0.3) is 0 Å². The average Bonchev–Trinajstić information content (AvgIpc) is 4.14. The van der Waals surface area contributed by atoms with Crippen LogP contribution in [0, 0.1) is 0 Å². The molecule has 2 fully saturated rings. The Morgan fingerprint density at radius 1 is 0.544 bits per heavy atom. The molecule has 10 rings (SSSR count). The number of aryl methyl sites for hydroxylation is 2. The maximum absolute atomic E-state index is 11.5. The molecule has 68 heavy (non-hydrogen) atoms. The number of aromatic carboxylic acids is 2. The second-order valence-electron chi connectivity index (χ2n) is 19.3. The van der Waals surface area contributed by atoms with Crippen LogP contribution in [-0.4, -0.2) is 59.3 Å². The molecule has 0 spiro atoms. The summed E-state index contributed by atoms with van der Waals surface area (Å²) in [6.07, 6.45) is 22.3. The van der Waals surface area contributed by atoms with E-state index in [1.54, 1.807) is 36.9 Å². The van der Waals surface area contributed by atoms with Crippen LogP contribution < -0.4 is 20.4 Å². The molecule has 2 aromatic heterocycles. The van der Waals surface area contributed by atoms with Crippen molar-refractivity contribution in [2.75, 3.05) is 37.0 Å². The number of carboxylic acid groups (broad SMARTS) is 2. The molecule has 2 aliphatic heterocycles. The summed E-state index contributed by atoms with van der Waals surface area (Å²) >= 11 is 0. The summed E-state index contributed by atoms with van der Waals surface area (Å²) in [6, 6.07) is 35.4. The quantitative estimate of drug-likeness (QED) is 0.0838. The van der Waals surface area contributed by atoms with E-state index in [9.17, 15) is 19.8 Å². The summed E-state index contributed by atoms with van der Waals surface area (Å²) < 4.78 is 0. The highest BCUT2D eigenvalue weighted by atomic mass is 16.4. The van der Waals surface area contributed by atoms with Gasteiger partial charge in [-0.15, -0.1) is 0 Å². The average molecular weight is 911 g/mol. The Bertz CT molecular complexity index is 2490. The Hall–Kier alpha value is -6.36. The van der Waals surface area contributed by atoms with E-state index in [0.717, 1.165) is 61.7 Å². The van der Waals surface area contributed by atoms with E-state index in [1.165, 1.54) is 107 Å². The maximum Gasteiger partial charge on any atom is 0.336 e. The molecule has 0 amide bonds. The molecule has 10 heteroatoms. The highest BCUT2D eigenvalue weighted by Crippen LogP contribution is 2.38. The molecule has 2 saturated carbocycles. The summed E-state index contributed by atoms with van der Waals surface area (Å²) in [5.41, 5.74) is 15.5. The van der Waals surface area contributed by atoms with E-state index in [-0.39, 0.29) is 12.1 Å². The molecule has 4 N–H and O–H groups in total. The van der Waals surface area contributed by atoms with Gasteiger partial charge in [0.2, 0.25) is 0 Å². The number of hydrogen-bond donors (Lipinski definition) is 4. The number of fused-ring (bicyclic) bond motifs is 2. The van der Waals surface area contributed by atoms with Crippen LogP contribution >= 0.6 is 0 Å². The molecule has 0 saturated heterocycles. The fourth-order valence-corrected chi connectivity index (χ4v) is 11.2. The van der Waals surface area contributed by atoms with Gasteiger partial charge in [0.15, 0.2) is 0 Å². The molecule has 352 valence electrons. The Kier molecular flexibility index (Phi) is 14.9. The second-order valence-corrected chi connectivity index (χ2v) is 19.3. The van der Waals surface area contributed by atoms with Crippen LogP contribution in [0.15, 0.2) is 122 Å². The van der Waals surface area contributed by atoms with Crippen molar-refractivity contribution in [2.24, 2.45) is 0 Å². The summed E-state index contributed by atoms with van der Waals surface area (Å²) in [5, 5.41) is 26.2. The van der Waals surface area contributed by atoms with Crippen LogP contribution in [0.4, 0.5) is 22.7 Å². The number of hydrogen-bond acceptors (Lipinski definition) is 8. The summed E-state index contributed by atoms with van der Waals surface area (Å²) in [4.78, 5) is 35.9. The van der Waals surface area contributed by atoms with Crippen molar-refractivity contribution in [1.29, 1.82) is 0 Å². The van der Waals surface area contributed by atoms with Crippen LogP contribution in [0.5, 0.6) is 0 Å². The number of rotatable bonds is 14. The maximum atomic E-state index is 11.5. The first-order valence-electron chi connectivity index (χ1n) is 24.9. The molecule has 4 aliphatic rings. The molecule has 2 atom stereocenters. The van der Waals surface area contributed by atoms with Gasteiger partial charge < -0.3 is 30.6 Å². The molecule has 4 aromatic carbocycles. The van der Waals surface area contributed by atoms with Crippen LogP contribution in [0.2, 0.25) is 0 Å². The van der Waals surface area contributed by atoms with Gasteiger partial charge in [-0.05, 0) is 194 Å². The predicted molar refractivity (Wildman–Crippen MR) is 272 cm³/mol. The van der Waals surface area contributed by atoms with Crippen molar-refractivity contribution >= 4 is 34.7 Å². The predicted octanol–water partition coefficient (Wildman–Crippen LogP) is 12.0. The topological polar surface area (TPSA) is 131 Å². The minimum atomic E-state index is -0.890. The summed E-state index contributed by atoms with van der Waals surface area (Å²) in [6.45, 7) is 1.86. The Morgan fingerprint density at radius 3 is 1.31 bits per heavy atom. The number of benzene rings is 4. The first-order chi connectivity index (χ1) is 33.2. The van der Waals surface area contributed by atoms with Gasteiger partial charge in [-0.25, -0.2) is 9.59 Å². The molecule has 0 bridgehead atoms. The third kappa shape index (κ3) is 10.8. The summed E-state index contributed by atoms with van der Waals surface area (Å²) in [7, 11) is 4.28. The van der Waals surface area contributed by atoms with Gasteiger partial charge in [-0.2, -0.15) is 0 Å². The zero-order chi connectivity index (χ0) is 47.0. The Morgan fingerprint density at radius 2 is 0.926 bits per heavy atom. The Labute approximate surface area is 401 Å². The fourth-order valence-electron chi connectivity index (χ4n) is 11.2. The molecule has 4 heterocycles. The van der Waals surface area contributed by atoms with Crippen LogP contribution in [0.25, 0.3) is 0 Å².